The lowest BCUT2D eigenvalue weighted by Crippen LogP contribution is -2.37. The highest BCUT2D eigenvalue weighted by Crippen LogP contribution is 2.53. The Morgan fingerprint density at radius 1 is 1.00 bits per heavy atom. The fourth-order valence-electron chi connectivity index (χ4n) is 5.56. The number of piperidine rings is 1. The number of benzene rings is 3. The molecule has 0 N–H and O–H groups in total. The first-order valence-corrected chi connectivity index (χ1v) is 15.3. The van der Waals surface area contributed by atoms with Crippen molar-refractivity contribution in [3.63, 3.8) is 0 Å². The van der Waals surface area contributed by atoms with Gasteiger partial charge in [0.25, 0.3) is 0 Å². The molecular formula is C33H37FN2O4S. The summed E-state index contributed by atoms with van der Waals surface area (Å²) < 4.78 is 25.0. The molecule has 2 aliphatic rings. The number of ether oxygens (including phenoxy) is 2. The number of anilines is 1. The van der Waals surface area contributed by atoms with Gasteiger partial charge in [-0.05, 0) is 99.9 Å². The van der Waals surface area contributed by atoms with Gasteiger partial charge in [0.15, 0.2) is 5.78 Å². The van der Waals surface area contributed by atoms with Gasteiger partial charge in [0.1, 0.15) is 22.7 Å². The summed E-state index contributed by atoms with van der Waals surface area (Å²) in [7, 11) is 1.65. The van der Waals surface area contributed by atoms with Crippen molar-refractivity contribution in [2.24, 2.45) is 5.92 Å². The molecule has 6 nitrogen and oxygen atoms in total. The van der Waals surface area contributed by atoms with Crippen molar-refractivity contribution in [1.82, 2.24) is 4.90 Å². The zero-order valence-electron chi connectivity index (χ0n) is 23.7. The van der Waals surface area contributed by atoms with Crippen molar-refractivity contribution in [2.45, 2.75) is 49.3 Å². The molecular weight excluding hydrogens is 539 g/mol. The molecule has 0 saturated carbocycles. The van der Waals surface area contributed by atoms with Crippen LogP contribution in [-0.2, 0) is 4.79 Å². The lowest BCUT2D eigenvalue weighted by atomic mass is 9.89. The summed E-state index contributed by atoms with van der Waals surface area (Å²) in [5.41, 5.74) is 2.47. The standard InChI is InChI=1S/C33H37FN2O4S/c1-3-31(37)36-28-8-4-5-9-30(28)41-33(36)27-22-26(39-2)14-15-29(27)40-21-7-6-18-35-19-16-24(17-20-35)32(38)23-10-12-25(34)13-11-23/h4-5,8-15,22,24,33H,3,6-7,16-21H2,1-2H3. The monoisotopic (exact) mass is 576 g/mol. The molecule has 0 aromatic heterocycles. The van der Waals surface area contributed by atoms with Gasteiger partial charge in [0.05, 0.1) is 19.4 Å². The molecule has 3 aromatic carbocycles. The predicted octanol–water partition coefficient (Wildman–Crippen LogP) is 7.14. The molecule has 3 aromatic rings. The molecule has 0 bridgehead atoms. The van der Waals surface area contributed by atoms with Crippen LogP contribution >= 0.6 is 11.8 Å². The number of para-hydroxylation sites is 1. The lowest BCUT2D eigenvalue weighted by Gasteiger charge is -2.31. The van der Waals surface area contributed by atoms with E-state index < -0.39 is 0 Å². The second-order valence-electron chi connectivity index (χ2n) is 10.5. The zero-order valence-corrected chi connectivity index (χ0v) is 24.5. The summed E-state index contributed by atoms with van der Waals surface area (Å²) in [5, 5.41) is -0.219. The van der Waals surface area contributed by atoms with Gasteiger partial charge in [-0.3, -0.25) is 14.5 Å². The first-order chi connectivity index (χ1) is 20.0. The van der Waals surface area contributed by atoms with E-state index in [4.69, 9.17) is 9.47 Å². The highest BCUT2D eigenvalue weighted by atomic mass is 32.2. The Kier molecular flexibility index (Phi) is 9.62. The number of methoxy groups -OCH3 is 1. The molecule has 0 spiro atoms. The van der Waals surface area contributed by atoms with Gasteiger partial charge in [-0.25, -0.2) is 4.39 Å². The van der Waals surface area contributed by atoms with E-state index in [1.165, 1.54) is 12.1 Å². The van der Waals surface area contributed by atoms with E-state index in [0.717, 1.165) is 73.0 Å². The third-order valence-corrected chi connectivity index (χ3v) is 9.15. The van der Waals surface area contributed by atoms with Crippen LogP contribution in [0.15, 0.2) is 71.6 Å². The van der Waals surface area contributed by atoms with Crippen LogP contribution in [0.4, 0.5) is 10.1 Å². The number of amides is 1. The highest BCUT2D eigenvalue weighted by molar-refractivity contribution is 8.00. The maximum absolute atomic E-state index is 13.2. The van der Waals surface area contributed by atoms with Gasteiger partial charge < -0.3 is 14.4 Å². The third kappa shape index (κ3) is 6.76. The second kappa shape index (κ2) is 13.5. The van der Waals surface area contributed by atoms with Crippen molar-refractivity contribution in [1.29, 1.82) is 0 Å². The maximum atomic E-state index is 13.2. The van der Waals surface area contributed by atoms with Crippen LogP contribution in [0.2, 0.25) is 0 Å². The average molecular weight is 577 g/mol. The molecule has 2 heterocycles. The van der Waals surface area contributed by atoms with Crippen LogP contribution in [0.3, 0.4) is 0 Å². The quantitative estimate of drug-likeness (QED) is 0.179. The van der Waals surface area contributed by atoms with Gasteiger partial charge >= 0.3 is 0 Å². The summed E-state index contributed by atoms with van der Waals surface area (Å²) in [5.74, 6) is 1.38. The number of hydrogen-bond donors (Lipinski definition) is 0. The Hall–Kier alpha value is -3.36. The van der Waals surface area contributed by atoms with E-state index in [0.29, 0.717) is 18.6 Å². The Morgan fingerprint density at radius 2 is 1.76 bits per heavy atom. The van der Waals surface area contributed by atoms with E-state index in [2.05, 4.69) is 11.0 Å². The number of carbonyl (C=O) groups is 2. The number of carbonyl (C=O) groups excluding carboxylic acids is 2. The van der Waals surface area contributed by atoms with E-state index in [9.17, 15) is 14.0 Å². The molecule has 41 heavy (non-hydrogen) atoms. The van der Waals surface area contributed by atoms with Gasteiger partial charge in [0.2, 0.25) is 5.91 Å². The highest BCUT2D eigenvalue weighted by Gasteiger charge is 2.36. The van der Waals surface area contributed by atoms with Crippen LogP contribution in [0, 0.1) is 11.7 Å². The minimum absolute atomic E-state index is 0.00675. The fraction of sp³-hybridized carbons (Fsp3) is 0.394. The Labute approximate surface area is 245 Å². The molecule has 1 atom stereocenters. The smallest absolute Gasteiger partial charge is 0.227 e. The lowest BCUT2D eigenvalue weighted by molar-refractivity contribution is -0.118. The first kappa shape index (κ1) is 29.1. The zero-order chi connectivity index (χ0) is 28.8. The summed E-state index contributed by atoms with van der Waals surface area (Å²) in [6.07, 6.45) is 3.97. The van der Waals surface area contributed by atoms with E-state index >= 15 is 0 Å². The Balaban J connectivity index is 1.14. The molecule has 5 rings (SSSR count). The van der Waals surface area contributed by atoms with E-state index in [1.807, 2.05) is 48.2 Å². The molecule has 0 radical (unpaired) electrons. The van der Waals surface area contributed by atoms with Crippen molar-refractivity contribution in [3.8, 4) is 11.5 Å². The molecule has 0 aliphatic carbocycles. The fourth-order valence-corrected chi connectivity index (χ4v) is 6.89. The summed E-state index contributed by atoms with van der Waals surface area (Å²) in [4.78, 5) is 31.2. The minimum atomic E-state index is -0.319. The number of unbranched alkanes of at least 4 members (excludes halogenated alkanes) is 1. The van der Waals surface area contributed by atoms with Gasteiger partial charge in [0, 0.05) is 28.4 Å². The van der Waals surface area contributed by atoms with Crippen LogP contribution in [0.25, 0.3) is 0 Å². The predicted molar refractivity (Wildman–Crippen MR) is 160 cm³/mol. The van der Waals surface area contributed by atoms with Crippen LogP contribution < -0.4 is 14.4 Å². The number of thioether (sulfide) groups is 1. The topological polar surface area (TPSA) is 59.1 Å². The van der Waals surface area contributed by atoms with Crippen molar-refractivity contribution >= 4 is 29.1 Å². The van der Waals surface area contributed by atoms with Crippen LogP contribution in [-0.4, -0.2) is 49.9 Å². The summed E-state index contributed by atoms with van der Waals surface area (Å²) in [6.45, 7) is 5.21. The molecule has 1 saturated heterocycles. The molecule has 1 fully saturated rings. The molecule has 1 amide bonds. The number of fused-ring (bicyclic) bond motifs is 1. The average Bonchev–Trinajstić information content (AvgIpc) is 3.40. The summed E-state index contributed by atoms with van der Waals surface area (Å²) >= 11 is 1.66. The van der Waals surface area contributed by atoms with Crippen molar-refractivity contribution in [3.05, 3.63) is 83.7 Å². The number of likely N-dealkylation sites (tertiary alicyclic amines) is 1. The third-order valence-electron chi connectivity index (χ3n) is 7.87. The van der Waals surface area contributed by atoms with Crippen LogP contribution in [0.1, 0.15) is 60.3 Å². The molecule has 8 heteroatoms. The number of Topliss-reactive ketones (excluding diaryl/α,β-unsaturated/α-hetero) is 1. The molecule has 1 unspecified atom stereocenters. The van der Waals surface area contributed by atoms with E-state index in [1.54, 1.807) is 31.0 Å². The van der Waals surface area contributed by atoms with Crippen LogP contribution in [0.5, 0.6) is 11.5 Å². The maximum Gasteiger partial charge on any atom is 0.227 e. The Bertz CT molecular complexity index is 1360. The Morgan fingerprint density at radius 3 is 2.49 bits per heavy atom. The number of nitrogens with zero attached hydrogens (tertiary/aromatic N) is 2. The number of ketones is 1. The first-order valence-electron chi connectivity index (χ1n) is 14.4. The van der Waals surface area contributed by atoms with Crippen molar-refractivity contribution in [2.75, 3.05) is 38.3 Å². The van der Waals surface area contributed by atoms with Gasteiger partial charge in [-0.15, -0.1) is 0 Å². The van der Waals surface area contributed by atoms with E-state index in [-0.39, 0.29) is 28.8 Å². The second-order valence-corrected chi connectivity index (χ2v) is 11.6. The number of rotatable bonds is 11. The van der Waals surface area contributed by atoms with Gasteiger partial charge in [-0.2, -0.15) is 0 Å². The van der Waals surface area contributed by atoms with Crippen molar-refractivity contribution < 1.29 is 23.5 Å². The minimum Gasteiger partial charge on any atom is -0.497 e. The molecule has 2 aliphatic heterocycles. The van der Waals surface area contributed by atoms with Gasteiger partial charge in [-0.1, -0.05) is 30.8 Å². The SMILES string of the molecule is CCC(=O)N1c2ccccc2SC1c1cc(OC)ccc1OCCCCN1CCC(C(=O)c2ccc(F)cc2)CC1. The number of hydrogen-bond acceptors (Lipinski definition) is 6. The number of halogens is 1. The largest absolute Gasteiger partial charge is 0.497 e. The normalized spacial score (nSPS) is 17.3. The molecule has 216 valence electrons. The summed E-state index contributed by atoms with van der Waals surface area (Å²) in [6, 6.07) is 19.7.